The first kappa shape index (κ1) is 19.3. The molecule has 3 rings (SSSR count). The van der Waals surface area contributed by atoms with Crippen LogP contribution in [-0.4, -0.2) is 31.4 Å². The van der Waals surface area contributed by atoms with Crippen molar-refractivity contribution in [1.29, 1.82) is 0 Å². The van der Waals surface area contributed by atoms with E-state index in [0.29, 0.717) is 10.6 Å². The van der Waals surface area contributed by atoms with E-state index in [0.717, 1.165) is 10.4 Å². The summed E-state index contributed by atoms with van der Waals surface area (Å²) in [4.78, 5) is 12.6. The molecule has 1 amide bonds. The molecule has 0 bridgehead atoms. The summed E-state index contributed by atoms with van der Waals surface area (Å²) in [5, 5.41) is 2.79. The Kier molecular flexibility index (Phi) is 5.23. The number of carbonyl (C=O) groups excluding carboxylic acids is 1. The predicted octanol–water partition coefficient (Wildman–Crippen LogP) is 3.63. The van der Waals surface area contributed by atoms with Gasteiger partial charge in [-0.25, -0.2) is 8.70 Å². The molecule has 1 N–H and O–H groups in total. The standard InChI is InChI=1S/C17H12Cl2FN3O3S/c1-23-16(17(24)21-12-6-7-14(20)13(19)8-12)9-15(22-27(23,25)26)10-2-4-11(18)5-3-10/h2-9H,1H3,(H,21,24). The molecule has 0 saturated carbocycles. The van der Waals surface area contributed by atoms with Crippen molar-refractivity contribution in [3.05, 3.63) is 75.7 Å². The Bertz CT molecular complexity index is 1080. The molecule has 0 atom stereocenters. The first-order chi connectivity index (χ1) is 12.7. The number of hydrogen-bond donors (Lipinski definition) is 1. The summed E-state index contributed by atoms with van der Waals surface area (Å²) in [6, 6.07) is 9.97. The van der Waals surface area contributed by atoms with Crippen molar-refractivity contribution in [2.24, 2.45) is 4.40 Å². The zero-order chi connectivity index (χ0) is 19.8. The summed E-state index contributed by atoms with van der Waals surface area (Å²) in [5.41, 5.74) is 0.627. The van der Waals surface area contributed by atoms with Crippen LogP contribution < -0.4 is 5.32 Å². The zero-order valence-corrected chi connectivity index (χ0v) is 16.1. The molecule has 1 aliphatic heterocycles. The van der Waals surface area contributed by atoms with Crippen LogP contribution in [0.15, 0.2) is 58.6 Å². The van der Waals surface area contributed by atoms with Crippen molar-refractivity contribution in [2.75, 3.05) is 12.4 Å². The SMILES string of the molecule is CN1C(C(=O)Nc2ccc(F)c(Cl)c2)=CC(c2ccc(Cl)cc2)=NS1(=O)=O. The fourth-order valence-corrected chi connectivity index (χ4v) is 3.51. The summed E-state index contributed by atoms with van der Waals surface area (Å²) in [6.07, 6.45) is 1.34. The summed E-state index contributed by atoms with van der Waals surface area (Å²) in [7, 11) is -2.89. The molecule has 2 aromatic carbocycles. The number of benzene rings is 2. The van der Waals surface area contributed by atoms with E-state index in [2.05, 4.69) is 9.71 Å². The number of allylic oxidation sites excluding steroid dienone is 1. The smallest absolute Gasteiger partial charge is 0.321 e. The molecule has 140 valence electrons. The van der Waals surface area contributed by atoms with Gasteiger partial charge in [0.05, 0.1) is 10.7 Å². The molecule has 1 heterocycles. The third kappa shape index (κ3) is 4.13. The van der Waals surface area contributed by atoms with Crippen molar-refractivity contribution in [1.82, 2.24) is 4.31 Å². The third-order valence-corrected chi connectivity index (χ3v) is 5.58. The number of nitrogens with one attached hydrogen (secondary N) is 1. The average molecular weight is 428 g/mol. The molecule has 27 heavy (non-hydrogen) atoms. The summed E-state index contributed by atoms with van der Waals surface area (Å²) < 4.78 is 42.4. The van der Waals surface area contributed by atoms with Gasteiger partial charge in [-0.2, -0.15) is 8.42 Å². The van der Waals surface area contributed by atoms with Crippen LogP contribution in [0.3, 0.4) is 0 Å². The Labute approximate surface area is 165 Å². The minimum Gasteiger partial charge on any atom is -0.321 e. The number of nitrogens with zero attached hydrogens (tertiary/aromatic N) is 2. The second-order valence-corrected chi connectivity index (χ2v) is 8.01. The fourth-order valence-electron chi connectivity index (χ4n) is 2.29. The van der Waals surface area contributed by atoms with E-state index in [4.69, 9.17) is 23.2 Å². The highest BCUT2D eigenvalue weighted by molar-refractivity contribution is 7.88. The Morgan fingerprint density at radius 2 is 1.81 bits per heavy atom. The van der Waals surface area contributed by atoms with Gasteiger partial charge in [-0.1, -0.05) is 35.3 Å². The van der Waals surface area contributed by atoms with Gasteiger partial charge in [0.1, 0.15) is 11.5 Å². The van der Waals surface area contributed by atoms with Gasteiger partial charge in [-0.3, -0.25) is 4.79 Å². The summed E-state index contributed by atoms with van der Waals surface area (Å²) in [5.74, 6) is -1.35. The molecule has 6 nitrogen and oxygen atoms in total. The van der Waals surface area contributed by atoms with Crippen molar-refractivity contribution in [3.63, 3.8) is 0 Å². The molecule has 0 aliphatic carbocycles. The zero-order valence-electron chi connectivity index (χ0n) is 13.8. The highest BCUT2D eigenvalue weighted by atomic mass is 35.5. The number of anilines is 1. The summed E-state index contributed by atoms with van der Waals surface area (Å²) >= 11 is 11.5. The van der Waals surface area contributed by atoms with E-state index < -0.39 is 21.9 Å². The van der Waals surface area contributed by atoms with Crippen molar-refractivity contribution in [3.8, 4) is 0 Å². The van der Waals surface area contributed by atoms with E-state index in [1.807, 2.05) is 0 Å². The van der Waals surface area contributed by atoms with E-state index in [1.165, 1.54) is 25.3 Å². The monoisotopic (exact) mass is 427 g/mol. The lowest BCUT2D eigenvalue weighted by Gasteiger charge is -2.23. The van der Waals surface area contributed by atoms with E-state index in [1.54, 1.807) is 24.3 Å². The summed E-state index contributed by atoms with van der Waals surface area (Å²) in [6.45, 7) is 0. The van der Waals surface area contributed by atoms with Crippen LogP contribution in [0.4, 0.5) is 10.1 Å². The maximum Gasteiger partial charge on any atom is 0.345 e. The van der Waals surface area contributed by atoms with Crippen LogP contribution in [0, 0.1) is 5.82 Å². The van der Waals surface area contributed by atoms with E-state index >= 15 is 0 Å². The molecular weight excluding hydrogens is 416 g/mol. The lowest BCUT2D eigenvalue weighted by Crippen LogP contribution is -2.35. The second kappa shape index (κ2) is 7.30. The Morgan fingerprint density at radius 3 is 2.44 bits per heavy atom. The minimum atomic E-state index is -4.10. The number of amides is 1. The van der Waals surface area contributed by atoms with E-state index in [-0.39, 0.29) is 22.1 Å². The van der Waals surface area contributed by atoms with Crippen LogP contribution in [0.5, 0.6) is 0 Å². The number of hydrogen-bond acceptors (Lipinski definition) is 3. The van der Waals surface area contributed by atoms with Crippen LogP contribution in [0.1, 0.15) is 5.56 Å². The van der Waals surface area contributed by atoms with Gasteiger partial charge in [0.15, 0.2) is 0 Å². The fraction of sp³-hybridized carbons (Fsp3) is 0.0588. The van der Waals surface area contributed by atoms with Crippen LogP contribution >= 0.6 is 23.2 Å². The largest absolute Gasteiger partial charge is 0.345 e. The third-order valence-electron chi connectivity index (χ3n) is 3.72. The number of halogens is 3. The molecule has 0 fully saturated rings. The molecular formula is C17H12Cl2FN3O3S. The van der Waals surface area contributed by atoms with Gasteiger partial charge in [-0.15, -0.1) is 4.40 Å². The Balaban J connectivity index is 1.96. The molecule has 2 aromatic rings. The Morgan fingerprint density at radius 1 is 1.15 bits per heavy atom. The topological polar surface area (TPSA) is 78.8 Å². The lowest BCUT2D eigenvalue weighted by atomic mass is 10.1. The second-order valence-electron chi connectivity index (χ2n) is 5.54. The molecule has 0 spiro atoms. The van der Waals surface area contributed by atoms with Gasteiger partial charge in [0.25, 0.3) is 5.91 Å². The maximum absolute atomic E-state index is 13.3. The van der Waals surface area contributed by atoms with Crippen LogP contribution in [0.25, 0.3) is 0 Å². The Hall–Kier alpha value is -2.42. The molecule has 1 aliphatic rings. The van der Waals surface area contributed by atoms with Crippen LogP contribution in [-0.2, 0) is 15.0 Å². The minimum absolute atomic E-state index is 0.0899. The molecule has 0 saturated heterocycles. The number of carbonyl (C=O) groups is 1. The number of rotatable bonds is 3. The van der Waals surface area contributed by atoms with Gasteiger partial charge in [0, 0.05) is 23.3 Å². The highest BCUT2D eigenvalue weighted by Crippen LogP contribution is 2.23. The quantitative estimate of drug-likeness (QED) is 0.811. The first-order valence-corrected chi connectivity index (χ1v) is 9.65. The number of likely N-dealkylation sites (N-methyl/N-ethyl adjacent to an activating group) is 1. The van der Waals surface area contributed by atoms with Gasteiger partial charge in [0.2, 0.25) is 0 Å². The normalized spacial score (nSPS) is 15.8. The van der Waals surface area contributed by atoms with Crippen molar-refractivity contribution < 1.29 is 17.6 Å². The average Bonchev–Trinajstić information content (AvgIpc) is 2.61. The molecule has 10 heteroatoms. The molecule has 0 radical (unpaired) electrons. The van der Waals surface area contributed by atoms with Crippen LogP contribution in [0.2, 0.25) is 10.0 Å². The molecule has 0 unspecified atom stereocenters. The van der Waals surface area contributed by atoms with Gasteiger partial charge in [-0.05, 0) is 36.4 Å². The predicted molar refractivity (Wildman–Crippen MR) is 103 cm³/mol. The van der Waals surface area contributed by atoms with Crippen molar-refractivity contribution >= 4 is 50.7 Å². The maximum atomic E-state index is 13.3. The molecule has 0 aromatic heterocycles. The van der Waals surface area contributed by atoms with Crippen molar-refractivity contribution in [2.45, 2.75) is 0 Å². The van der Waals surface area contributed by atoms with Gasteiger partial charge >= 0.3 is 10.2 Å². The van der Waals surface area contributed by atoms with E-state index in [9.17, 15) is 17.6 Å². The first-order valence-electron chi connectivity index (χ1n) is 7.50. The highest BCUT2D eigenvalue weighted by Gasteiger charge is 2.30. The van der Waals surface area contributed by atoms with Gasteiger partial charge < -0.3 is 5.32 Å². The lowest BCUT2D eigenvalue weighted by molar-refractivity contribution is -0.113.